The van der Waals surface area contributed by atoms with E-state index in [9.17, 15) is 4.39 Å². The zero-order valence-corrected chi connectivity index (χ0v) is 15.8. The fraction of sp³-hybridized carbons (Fsp3) is 0.455. The number of nitrogens with zero attached hydrogens (tertiary/aromatic N) is 2. The maximum Gasteiger partial charge on any atom is 0.123 e. The van der Waals surface area contributed by atoms with Gasteiger partial charge in [-0.2, -0.15) is 0 Å². The number of ether oxygens (including phenoxy) is 1. The third kappa shape index (κ3) is 3.72. The van der Waals surface area contributed by atoms with Crippen LogP contribution >= 0.6 is 0 Å². The Balaban J connectivity index is 1.61. The Kier molecular flexibility index (Phi) is 5.43. The quantitative estimate of drug-likeness (QED) is 0.878. The molecule has 0 bridgehead atoms. The summed E-state index contributed by atoms with van der Waals surface area (Å²) in [6.45, 7) is 4.93. The number of methoxy groups -OCH3 is 1. The van der Waals surface area contributed by atoms with Crippen LogP contribution in [0.1, 0.15) is 35.1 Å². The van der Waals surface area contributed by atoms with Crippen molar-refractivity contribution >= 4 is 0 Å². The van der Waals surface area contributed by atoms with Gasteiger partial charge in [0, 0.05) is 44.7 Å². The lowest BCUT2D eigenvalue weighted by Crippen LogP contribution is -2.48. The van der Waals surface area contributed by atoms with Crippen molar-refractivity contribution in [2.24, 2.45) is 0 Å². The molecular weight excluding hydrogens is 343 g/mol. The molecular formula is C22H27FN2O2. The molecule has 0 unspecified atom stereocenters. The van der Waals surface area contributed by atoms with E-state index in [1.54, 1.807) is 19.2 Å². The lowest BCUT2D eigenvalue weighted by Gasteiger charge is -2.38. The lowest BCUT2D eigenvalue weighted by molar-refractivity contribution is 0.0827. The van der Waals surface area contributed by atoms with Crippen molar-refractivity contribution in [3.63, 3.8) is 0 Å². The molecule has 1 N–H and O–H groups in total. The maximum absolute atomic E-state index is 13.4. The molecule has 0 radical (unpaired) electrons. The number of rotatable bonds is 5. The minimum Gasteiger partial charge on any atom is -0.497 e. The molecule has 1 aliphatic carbocycles. The largest absolute Gasteiger partial charge is 0.497 e. The first-order valence-corrected chi connectivity index (χ1v) is 9.70. The summed E-state index contributed by atoms with van der Waals surface area (Å²) >= 11 is 0. The molecule has 1 saturated heterocycles. The monoisotopic (exact) mass is 370 g/mol. The zero-order valence-electron chi connectivity index (χ0n) is 15.8. The SMILES string of the molecule is COc1ccc2c(c1)[C@H](N1CCN(CCO)CC1)C[C@H]2c1ccc(F)cc1. The van der Waals surface area contributed by atoms with Crippen molar-refractivity contribution < 1.29 is 14.2 Å². The molecule has 2 atom stereocenters. The van der Waals surface area contributed by atoms with E-state index < -0.39 is 0 Å². The van der Waals surface area contributed by atoms with E-state index in [-0.39, 0.29) is 18.3 Å². The Bertz CT molecular complexity index is 772. The second-order valence-electron chi connectivity index (χ2n) is 7.45. The van der Waals surface area contributed by atoms with Crippen molar-refractivity contribution in [3.8, 4) is 5.75 Å². The van der Waals surface area contributed by atoms with Crippen LogP contribution in [-0.4, -0.2) is 61.3 Å². The van der Waals surface area contributed by atoms with Crippen molar-refractivity contribution in [1.29, 1.82) is 0 Å². The van der Waals surface area contributed by atoms with Gasteiger partial charge in [0.15, 0.2) is 0 Å². The standard InChI is InChI=1S/C22H27FN2O2/c1-27-18-6-7-19-20(16-2-4-17(23)5-3-16)15-22(21(19)14-18)25-10-8-24(9-11-25)12-13-26/h2-7,14,20,22,26H,8-13,15H2,1H3/t20-,22+/m0/s1. The molecule has 1 fully saturated rings. The van der Waals surface area contributed by atoms with Gasteiger partial charge in [-0.05, 0) is 47.4 Å². The molecule has 1 heterocycles. The second-order valence-corrected chi connectivity index (χ2v) is 7.45. The van der Waals surface area contributed by atoms with Crippen LogP contribution in [0, 0.1) is 5.82 Å². The minimum absolute atomic E-state index is 0.191. The van der Waals surface area contributed by atoms with Gasteiger partial charge in [-0.15, -0.1) is 0 Å². The van der Waals surface area contributed by atoms with E-state index in [1.807, 2.05) is 18.2 Å². The van der Waals surface area contributed by atoms with E-state index in [2.05, 4.69) is 21.9 Å². The highest BCUT2D eigenvalue weighted by atomic mass is 19.1. The fourth-order valence-electron chi connectivity index (χ4n) is 4.56. The van der Waals surface area contributed by atoms with Crippen LogP contribution < -0.4 is 4.74 Å². The summed E-state index contributed by atoms with van der Waals surface area (Å²) in [6, 6.07) is 13.6. The molecule has 1 aliphatic heterocycles. The fourth-order valence-corrected chi connectivity index (χ4v) is 4.56. The van der Waals surface area contributed by atoms with Crippen LogP contribution in [0.3, 0.4) is 0 Å². The number of hydrogen-bond acceptors (Lipinski definition) is 4. The van der Waals surface area contributed by atoms with E-state index >= 15 is 0 Å². The summed E-state index contributed by atoms with van der Waals surface area (Å²) in [5.74, 6) is 0.979. The predicted octanol–water partition coefficient (Wildman–Crippen LogP) is 3.02. The van der Waals surface area contributed by atoms with Crippen LogP contribution in [0.4, 0.5) is 4.39 Å². The summed E-state index contributed by atoms with van der Waals surface area (Å²) in [7, 11) is 1.71. The Labute approximate surface area is 160 Å². The first-order valence-electron chi connectivity index (χ1n) is 9.70. The van der Waals surface area contributed by atoms with Gasteiger partial charge in [0.25, 0.3) is 0 Å². The number of hydrogen-bond donors (Lipinski definition) is 1. The average molecular weight is 370 g/mol. The Hall–Kier alpha value is -1.95. The van der Waals surface area contributed by atoms with Crippen LogP contribution in [-0.2, 0) is 0 Å². The van der Waals surface area contributed by atoms with Crippen molar-refractivity contribution in [2.75, 3.05) is 46.4 Å². The van der Waals surface area contributed by atoms with Gasteiger partial charge >= 0.3 is 0 Å². The number of aliphatic hydroxyl groups is 1. The van der Waals surface area contributed by atoms with Gasteiger partial charge in [-0.25, -0.2) is 4.39 Å². The zero-order chi connectivity index (χ0) is 18.8. The minimum atomic E-state index is -0.191. The lowest BCUT2D eigenvalue weighted by atomic mass is 9.93. The van der Waals surface area contributed by atoms with Gasteiger partial charge in [-0.3, -0.25) is 9.80 Å². The van der Waals surface area contributed by atoms with Crippen molar-refractivity contribution in [3.05, 3.63) is 65.0 Å². The molecule has 0 aromatic heterocycles. The van der Waals surface area contributed by atoms with E-state index in [0.717, 1.165) is 44.9 Å². The molecule has 144 valence electrons. The number of fused-ring (bicyclic) bond motifs is 1. The van der Waals surface area contributed by atoms with Gasteiger partial charge in [0.1, 0.15) is 11.6 Å². The highest BCUT2D eigenvalue weighted by molar-refractivity contribution is 5.48. The Morgan fingerprint density at radius 1 is 1.04 bits per heavy atom. The molecule has 0 amide bonds. The third-order valence-electron chi connectivity index (χ3n) is 6.02. The number of piperazine rings is 1. The normalized spacial score (nSPS) is 23.4. The molecule has 0 spiro atoms. The highest BCUT2D eigenvalue weighted by Gasteiger charge is 2.36. The molecule has 4 nitrogen and oxygen atoms in total. The van der Waals surface area contributed by atoms with Crippen LogP contribution in [0.25, 0.3) is 0 Å². The smallest absolute Gasteiger partial charge is 0.123 e. The van der Waals surface area contributed by atoms with Crippen LogP contribution in [0.15, 0.2) is 42.5 Å². The van der Waals surface area contributed by atoms with Gasteiger partial charge < -0.3 is 9.84 Å². The molecule has 0 saturated carbocycles. The predicted molar refractivity (Wildman–Crippen MR) is 104 cm³/mol. The van der Waals surface area contributed by atoms with E-state index in [4.69, 9.17) is 9.84 Å². The molecule has 2 aromatic carbocycles. The summed E-state index contributed by atoms with van der Waals surface area (Å²) in [5, 5.41) is 9.17. The van der Waals surface area contributed by atoms with Gasteiger partial charge in [0.05, 0.1) is 13.7 Å². The number of aliphatic hydroxyl groups excluding tert-OH is 1. The van der Waals surface area contributed by atoms with Crippen molar-refractivity contribution in [2.45, 2.75) is 18.4 Å². The number of β-amino-alcohol motifs (C(OH)–C–C–N with tert-alkyl or cyclic N) is 1. The molecule has 2 aliphatic rings. The third-order valence-corrected chi connectivity index (χ3v) is 6.02. The first-order chi connectivity index (χ1) is 13.2. The Morgan fingerprint density at radius 3 is 2.44 bits per heavy atom. The maximum atomic E-state index is 13.4. The summed E-state index contributed by atoms with van der Waals surface area (Å²) < 4.78 is 18.9. The Morgan fingerprint density at radius 2 is 1.78 bits per heavy atom. The molecule has 4 rings (SSSR count). The average Bonchev–Trinajstić information content (AvgIpc) is 3.08. The first kappa shape index (κ1) is 18.4. The molecule has 27 heavy (non-hydrogen) atoms. The second kappa shape index (κ2) is 7.97. The summed E-state index contributed by atoms with van der Waals surface area (Å²) in [6.07, 6.45) is 1.01. The van der Waals surface area contributed by atoms with E-state index in [1.165, 1.54) is 16.7 Å². The topological polar surface area (TPSA) is 35.9 Å². The number of benzene rings is 2. The highest BCUT2D eigenvalue weighted by Crippen LogP contribution is 2.48. The molecule has 2 aromatic rings. The van der Waals surface area contributed by atoms with E-state index in [0.29, 0.717) is 6.04 Å². The van der Waals surface area contributed by atoms with Crippen LogP contribution in [0.5, 0.6) is 5.75 Å². The summed E-state index contributed by atoms with van der Waals surface area (Å²) in [4.78, 5) is 4.87. The van der Waals surface area contributed by atoms with Crippen LogP contribution in [0.2, 0.25) is 0 Å². The van der Waals surface area contributed by atoms with Gasteiger partial charge in [0.2, 0.25) is 0 Å². The molecule has 5 heteroatoms. The number of halogens is 1. The van der Waals surface area contributed by atoms with Crippen molar-refractivity contribution in [1.82, 2.24) is 9.80 Å². The summed E-state index contributed by atoms with van der Waals surface area (Å²) in [5.41, 5.74) is 3.83. The van der Waals surface area contributed by atoms with Gasteiger partial charge in [-0.1, -0.05) is 18.2 Å².